The number of rotatable bonds is 6. The quantitative estimate of drug-likeness (QED) is 0.612. The molecule has 1 aromatic rings. The largest absolute Gasteiger partial charge is 0.464 e. The molecule has 0 aliphatic heterocycles. The molecule has 1 rings (SSSR count). The monoisotopic (exact) mass is 318 g/mol. The van der Waals surface area contributed by atoms with E-state index in [0.717, 1.165) is 5.56 Å². The highest BCUT2D eigenvalue weighted by atomic mass is 16.5. The van der Waals surface area contributed by atoms with Crippen LogP contribution in [0, 0.1) is 0 Å². The summed E-state index contributed by atoms with van der Waals surface area (Å²) in [6.07, 6.45) is 0.185. The van der Waals surface area contributed by atoms with Gasteiger partial charge in [-0.25, -0.2) is 4.79 Å². The van der Waals surface area contributed by atoms with Crippen molar-refractivity contribution in [3.8, 4) is 0 Å². The van der Waals surface area contributed by atoms with Crippen LogP contribution < -0.4 is 10.6 Å². The molecule has 0 saturated heterocycles. The number of amides is 2. The lowest BCUT2D eigenvalue weighted by Crippen LogP contribution is -2.46. The number of carbonyl (C=O) groups excluding carboxylic acids is 3. The molecule has 1 unspecified atom stereocenters. The van der Waals surface area contributed by atoms with Crippen molar-refractivity contribution in [3.63, 3.8) is 0 Å². The summed E-state index contributed by atoms with van der Waals surface area (Å²) in [6.45, 7) is 4.93. The lowest BCUT2D eigenvalue weighted by Gasteiger charge is -2.16. The van der Waals surface area contributed by atoms with Gasteiger partial charge in [-0.05, 0) is 31.9 Å². The molecule has 1 aromatic carbocycles. The van der Waals surface area contributed by atoms with Gasteiger partial charge in [-0.2, -0.15) is 0 Å². The van der Waals surface area contributed by atoms with Crippen molar-refractivity contribution in [1.29, 1.82) is 0 Å². The van der Waals surface area contributed by atoms with Gasteiger partial charge in [-0.1, -0.05) is 30.3 Å². The Morgan fingerprint density at radius 2 is 1.74 bits per heavy atom. The van der Waals surface area contributed by atoms with Gasteiger partial charge in [0.25, 0.3) is 0 Å². The lowest BCUT2D eigenvalue weighted by molar-refractivity contribution is -0.138. The molecule has 0 saturated carbocycles. The third-order valence-electron chi connectivity index (χ3n) is 3.12. The molecule has 6 heteroatoms. The summed E-state index contributed by atoms with van der Waals surface area (Å²) in [5.41, 5.74) is 1.56. The molecule has 2 amide bonds. The summed E-state index contributed by atoms with van der Waals surface area (Å²) in [4.78, 5) is 35.6. The summed E-state index contributed by atoms with van der Waals surface area (Å²) in [5, 5.41) is 5.09. The number of hydrogen-bond donors (Lipinski definition) is 2. The zero-order chi connectivity index (χ0) is 17.4. The number of esters is 1. The molecule has 6 nitrogen and oxygen atoms in total. The number of benzene rings is 1. The Balaban J connectivity index is 2.61. The van der Waals surface area contributed by atoms with Gasteiger partial charge in [0.05, 0.1) is 13.5 Å². The Labute approximate surface area is 135 Å². The maximum atomic E-state index is 12.1. The molecule has 124 valence electrons. The molecule has 2 N–H and O–H groups in total. The average Bonchev–Trinajstić information content (AvgIpc) is 2.52. The molecule has 0 bridgehead atoms. The van der Waals surface area contributed by atoms with Gasteiger partial charge < -0.3 is 15.4 Å². The first kappa shape index (κ1) is 18.4. The molecule has 1 atom stereocenters. The topological polar surface area (TPSA) is 84.5 Å². The van der Waals surface area contributed by atoms with Gasteiger partial charge in [-0.3, -0.25) is 9.59 Å². The number of carbonyl (C=O) groups is 3. The van der Waals surface area contributed by atoms with Gasteiger partial charge in [0, 0.05) is 0 Å². The van der Waals surface area contributed by atoms with Crippen LogP contribution >= 0.6 is 0 Å². The van der Waals surface area contributed by atoms with Gasteiger partial charge in [0.2, 0.25) is 11.8 Å². The molecule has 0 aliphatic rings. The minimum absolute atomic E-state index is 0.0849. The third kappa shape index (κ3) is 5.94. The molecule has 0 fully saturated rings. The first-order valence-corrected chi connectivity index (χ1v) is 7.25. The number of methoxy groups -OCH3 is 1. The second-order valence-electron chi connectivity index (χ2n) is 5.31. The fourth-order valence-electron chi connectivity index (χ4n) is 1.85. The van der Waals surface area contributed by atoms with E-state index in [4.69, 9.17) is 0 Å². The van der Waals surface area contributed by atoms with Crippen LogP contribution in [0.4, 0.5) is 0 Å². The molecule has 23 heavy (non-hydrogen) atoms. The Morgan fingerprint density at radius 1 is 1.13 bits per heavy atom. The van der Waals surface area contributed by atoms with Gasteiger partial charge in [-0.15, -0.1) is 0 Å². The summed E-state index contributed by atoms with van der Waals surface area (Å²) < 4.78 is 4.62. The van der Waals surface area contributed by atoms with Crippen LogP contribution in [-0.4, -0.2) is 30.9 Å². The van der Waals surface area contributed by atoms with Crippen LogP contribution in [0.3, 0.4) is 0 Å². The number of allylic oxidation sites excluding steroid dienone is 1. The van der Waals surface area contributed by atoms with Crippen molar-refractivity contribution in [3.05, 3.63) is 47.2 Å². The molecule has 0 aromatic heterocycles. The average molecular weight is 318 g/mol. The van der Waals surface area contributed by atoms with E-state index in [9.17, 15) is 14.4 Å². The Morgan fingerprint density at radius 3 is 2.26 bits per heavy atom. The van der Waals surface area contributed by atoms with Crippen molar-refractivity contribution in [2.24, 2.45) is 0 Å². The van der Waals surface area contributed by atoms with Crippen LogP contribution in [0.1, 0.15) is 26.3 Å². The van der Waals surface area contributed by atoms with Crippen molar-refractivity contribution in [1.82, 2.24) is 10.6 Å². The van der Waals surface area contributed by atoms with Crippen molar-refractivity contribution in [2.75, 3.05) is 7.11 Å². The van der Waals surface area contributed by atoms with E-state index in [1.165, 1.54) is 7.11 Å². The summed E-state index contributed by atoms with van der Waals surface area (Å²) in [5.74, 6) is -1.37. The Bertz CT molecular complexity index is 604. The smallest absolute Gasteiger partial charge is 0.354 e. The van der Waals surface area contributed by atoms with E-state index >= 15 is 0 Å². The molecule has 0 radical (unpaired) electrons. The molecule has 0 spiro atoms. The summed E-state index contributed by atoms with van der Waals surface area (Å²) in [7, 11) is 1.24. The third-order valence-corrected chi connectivity index (χ3v) is 3.12. The summed E-state index contributed by atoms with van der Waals surface area (Å²) >= 11 is 0. The van der Waals surface area contributed by atoms with Gasteiger partial charge in [0.1, 0.15) is 11.7 Å². The van der Waals surface area contributed by atoms with E-state index in [2.05, 4.69) is 15.4 Å². The molecule has 0 heterocycles. The molecular weight excluding hydrogens is 296 g/mol. The predicted octanol–water partition coefficient (Wildman–Crippen LogP) is 1.32. The maximum absolute atomic E-state index is 12.1. The van der Waals surface area contributed by atoms with Crippen LogP contribution in [-0.2, 0) is 25.5 Å². The predicted molar refractivity (Wildman–Crippen MR) is 86.3 cm³/mol. The Hall–Kier alpha value is -2.63. The first-order valence-electron chi connectivity index (χ1n) is 7.25. The SMILES string of the molecule is COC(=O)C(NC(=O)C(C)NC(=O)Cc1ccccc1)=C(C)C. The highest BCUT2D eigenvalue weighted by molar-refractivity contribution is 5.97. The van der Waals surface area contributed by atoms with Crippen LogP contribution in [0.25, 0.3) is 0 Å². The second kappa shape index (κ2) is 8.73. The highest BCUT2D eigenvalue weighted by Crippen LogP contribution is 2.03. The zero-order valence-corrected chi connectivity index (χ0v) is 13.8. The fourth-order valence-corrected chi connectivity index (χ4v) is 1.85. The van der Waals surface area contributed by atoms with Crippen molar-refractivity contribution < 1.29 is 19.1 Å². The number of nitrogens with one attached hydrogen (secondary N) is 2. The van der Waals surface area contributed by atoms with Gasteiger partial charge in [0.15, 0.2) is 0 Å². The zero-order valence-electron chi connectivity index (χ0n) is 13.8. The van der Waals surface area contributed by atoms with E-state index in [1.807, 2.05) is 30.3 Å². The first-order chi connectivity index (χ1) is 10.8. The summed E-state index contributed by atoms with van der Waals surface area (Å²) in [6, 6.07) is 8.45. The normalized spacial score (nSPS) is 11.1. The molecular formula is C17H22N2O4. The van der Waals surface area contributed by atoms with Crippen molar-refractivity contribution in [2.45, 2.75) is 33.2 Å². The minimum Gasteiger partial charge on any atom is -0.464 e. The standard InChI is InChI=1S/C17H22N2O4/c1-11(2)15(17(22)23-4)19-16(21)12(3)18-14(20)10-13-8-6-5-7-9-13/h5-9,12H,10H2,1-4H3,(H,18,20)(H,19,21). The highest BCUT2D eigenvalue weighted by Gasteiger charge is 2.20. The lowest BCUT2D eigenvalue weighted by atomic mass is 10.1. The van der Waals surface area contributed by atoms with Crippen LogP contribution in [0.15, 0.2) is 41.6 Å². The van der Waals surface area contributed by atoms with Crippen molar-refractivity contribution >= 4 is 17.8 Å². The minimum atomic E-state index is -0.773. The number of hydrogen-bond acceptors (Lipinski definition) is 4. The van der Waals surface area contributed by atoms with E-state index in [0.29, 0.717) is 5.57 Å². The molecule has 0 aliphatic carbocycles. The fraction of sp³-hybridized carbons (Fsp3) is 0.353. The Kier molecular flexibility index (Phi) is 6.99. The van der Waals surface area contributed by atoms with E-state index in [-0.39, 0.29) is 18.0 Å². The maximum Gasteiger partial charge on any atom is 0.354 e. The van der Waals surface area contributed by atoms with Crippen LogP contribution in [0.5, 0.6) is 0 Å². The van der Waals surface area contributed by atoms with Crippen LogP contribution in [0.2, 0.25) is 0 Å². The van der Waals surface area contributed by atoms with Gasteiger partial charge >= 0.3 is 5.97 Å². The van der Waals surface area contributed by atoms with E-state index in [1.54, 1.807) is 20.8 Å². The van der Waals surface area contributed by atoms with E-state index < -0.39 is 17.9 Å². The second-order valence-corrected chi connectivity index (χ2v) is 5.31. The number of ether oxygens (including phenoxy) is 1.